The molecule has 0 amide bonds. The van der Waals surface area contributed by atoms with Crippen molar-refractivity contribution in [3.05, 3.63) is 82.6 Å². The maximum absolute atomic E-state index is 13.3. The van der Waals surface area contributed by atoms with Crippen LogP contribution in [0, 0.1) is 5.92 Å². The normalized spacial score (nSPS) is 21.2. The Morgan fingerprint density at radius 1 is 1.08 bits per heavy atom. The second-order valence-electron chi connectivity index (χ2n) is 9.09. The SMILES string of the molecule is CCN(CC)c1ccc2c(c1)OC1=CC(=[N+](CC)CC)C=CC1C21OC(=O)c2c(C(=O)O)cccc21. The quantitative estimate of drug-likeness (QED) is 0.474. The molecule has 3 aliphatic rings. The van der Waals surface area contributed by atoms with Crippen LogP contribution < -0.4 is 9.64 Å². The van der Waals surface area contributed by atoms with Crippen LogP contribution >= 0.6 is 0 Å². The largest absolute Gasteiger partial charge is 0.478 e. The molecule has 2 aliphatic heterocycles. The Kier molecular flexibility index (Phi) is 5.94. The van der Waals surface area contributed by atoms with Gasteiger partial charge in [0, 0.05) is 48.1 Å². The van der Waals surface area contributed by atoms with Gasteiger partial charge >= 0.3 is 11.9 Å². The first kappa shape index (κ1) is 23.9. The van der Waals surface area contributed by atoms with E-state index in [9.17, 15) is 14.7 Å². The average Bonchev–Trinajstić information content (AvgIpc) is 3.18. The number of nitrogens with zero attached hydrogens (tertiary/aromatic N) is 2. The summed E-state index contributed by atoms with van der Waals surface area (Å²) in [6.07, 6.45) is 6.06. The zero-order valence-corrected chi connectivity index (χ0v) is 21.1. The van der Waals surface area contributed by atoms with E-state index >= 15 is 0 Å². The van der Waals surface area contributed by atoms with E-state index in [0.29, 0.717) is 22.6 Å². The Morgan fingerprint density at radius 3 is 2.50 bits per heavy atom. The smallest absolute Gasteiger partial charge is 0.340 e. The van der Waals surface area contributed by atoms with E-state index < -0.39 is 23.5 Å². The van der Waals surface area contributed by atoms with Gasteiger partial charge in [-0.05, 0) is 45.9 Å². The van der Waals surface area contributed by atoms with Crippen LogP contribution in [0.15, 0.2) is 60.4 Å². The number of carboxylic acids is 1. The lowest BCUT2D eigenvalue weighted by atomic mass is 9.71. The molecule has 0 saturated carbocycles. The van der Waals surface area contributed by atoms with Crippen molar-refractivity contribution in [1.82, 2.24) is 0 Å². The summed E-state index contributed by atoms with van der Waals surface area (Å²) in [5, 5.41) is 9.81. The van der Waals surface area contributed by atoms with Crippen molar-refractivity contribution in [3.8, 4) is 5.75 Å². The number of aromatic carboxylic acids is 1. The molecule has 7 nitrogen and oxygen atoms in total. The Labute approximate surface area is 211 Å². The van der Waals surface area contributed by atoms with Crippen LogP contribution in [0.3, 0.4) is 0 Å². The Bertz CT molecular complexity index is 1350. The van der Waals surface area contributed by atoms with Crippen molar-refractivity contribution in [1.29, 1.82) is 0 Å². The highest BCUT2D eigenvalue weighted by Gasteiger charge is 2.58. The van der Waals surface area contributed by atoms with Gasteiger partial charge in [-0.3, -0.25) is 0 Å². The van der Waals surface area contributed by atoms with E-state index in [2.05, 4.69) is 37.2 Å². The molecule has 1 spiro atoms. The van der Waals surface area contributed by atoms with Crippen molar-refractivity contribution >= 4 is 23.3 Å². The van der Waals surface area contributed by atoms with E-state index in [0.717, 1.165) is 37.6 Å². The molecule has 2 aromatic rings. The maximum Gasteiger partial charge on any atom is 0.340 e. The summed E-state index contributed by atoms with van der Waals surface area (Å²) < 4.78 is 15.0. The zero-order chi connectivity index (χ0) is 25.6. The molecule has 2 atom stereocenters. The molecule has 0 aromatic heterocycles. The van der Waals surface area contributed by atoms with Gasteiger partial charge in [-0.25, -0.2) is 14.2 Å². The van der Waals surface area contributed by atoms with Crippen LogP contribution in [-0.4, -0.2) is 53.5 Å². The van der Waals surface area contributed by atoms with Crippen molar-refractivity contribution in [2.45, 2.75) is 33.3 Å². The number of hydrogen-bond acceptors (Lipinski definition) is 5. The van der Waals surface area contributed by atoms with Gasteiger partial charge < -0.3 is 19.5 Å². The number of carboxylic acid groups (broad SMARTS) is 1. The van der Waals surface area contributed by atoms with Gasteiger partial charge in [-0.1, -0.05) is 18.2 Å². The topological polar surface area (TPSA) is 79.1 Å². The molecule has 0 radical (unpaired) electrons. The molecular formula is C29H31N2O5+. The number of fused-ring (bicyclic) bond motifs is 6. The first-order valence-electron chi connectivity index (χ1n) is 12.6. The third-order valence-corrected chi connectivity index (χ3v) is 7.50. The number of ether oxygens (including phenoxy) is 2. The zero-order valence-electron chi connectivity index (χ0n) is 21.1. The highest BCUT2D eigenvalue weighted by molar-refractivity contribution is 6.07. The number of esters is 1. The lowest BCUT2D eigenvalue weighted by Gasteiger charge is -2.42. The summed E-state index contributed by atoms with van der Waals surface area (Å²) in [7, 11) is 0. The molecule has 0 bridgehead atoms. The van der Waals surface area contributed by atoms with Crippen LogP contribution in [0.25, 0.3) is 0 Å². The molecule has 5 rings (SSSR count). The molecular weight excluding hydrogens is 456 g/mol. The minimum absolute atomic E-state index is 0.0529. The second-order valence-corrected chi connectivity index (χ2v) is 9.09. The lowest BCUT2D eigenvalue weighted by molar-refractivity contribution is -0.519. The third kappa shape index (κ3) is 3.37. The minimum atomic E-state index is -1.22. The van der Waals surface area contributed by atoms with Gasteiger partial charge in [0.2, 0.25) is 5.71 Å². The fraction of sp³-hybridized carbons (Fsp3) is 0.345. The van der Waals surface area contributed by atoms with Gasteiger partial charge in [0.1, 0.15) is 24.6 Å². The number of carbonyl (C=O) groups excluding carboxylic acids is 1. The van der Waals surface area contributed by atoms with Crippen molar-refractivity contribution in [3.63, 3.8) is 0 Å². The van der Waals surface area contributed by atoms with Gasteiger partial charge in [0.05, 0.1) is 17.0 Å². The highest BCUT2D eigenvalue weighted by atomic mass is 16.6. The molecule has 0 saturated heterocycles. The highest BCUT2D eigenvalue weighted by Crippen LogP contribution is 2.57. The van der Waals surface area contributed by atoms with E-state index in [1.54, 1.807) is 12.1 Å². The Morgan fingerprint density at radius 2 is 1.83 bits per heavy atom. The predicted octanol–water partition coefficient (Wildman–Crippen LogP) is 4.60. The first-order chi connectivity index (χ1) is 17.4. The second kappa shape index (κ2) is 8.97. The summed E-state index contributed by atoms with van der Waals surface area (Å²) in [6.45, 7) is 11.8. The summed E-state index contributed by atoms with van der Waals surface area (Å²) in [5.41, 5.74) is 2.14. The van der Waals surface area contributed by atoms with E-state index in [1.807, 2.05) is 36.4 Å². The standard InChI is InChI=1S/C29H30N2O5/c1-5-30(6-2)18-12-14-21-24(16-18)35-25-17-19(31(7-3)8-4)13-15-22(25)29(21)23-11-9-10-20(27(32)33)26(23)28(34)36-29/h9-17,21H,5-8H2,1-4H3/p+1. The molecule has 186 valence electrons. The minimum Gasteiger partial charge on any atom is -0.478 e. The average molecular weight is 488 g/mol. The van der Waals surface area contributed by atoms with Gasteiger partial charge in [-0.15, -0.1) is 0 Å². The van der Waals surface area contributed by atoms with Crippen LogP contribution in [0.5, 0.6) is 5.75 Å². The van der Waals surface area contributed by atoms with E-state index in [-0.39, 0.29) is 11.1 Å². The van der Waals surface area contributed by atoms with Gasteiger partial charge in [0.25, 0.3) is 0 Å². The molecule has 36 heavy (non-hydrogen) atoms. The van der Waals surface area contributed by atoms with Crippen LogP contribution in [-0.2, 0) is 10.3 Å². The molecule has 7 heteroatoms. The first-order valence-corrected chi connectivity index (χ1v) is 12.6. The number of hydrogen-bond donors (Lipinski definition) is 1. The van der Waals surface area contributed by atoms with Crippen molar-refractivity contribution < 1.29 is 28.7 Å². The van der Waals surface area contributed by atoms with E-state index in [1.165, 1.54) is 6.07 Å². The maximum atomic E-state index is 13.3. The van der Waals surface area contributed by atoms with Crippen LogP contribution in [0.2, 0.25) is 0 Å². The molecule has 1 N–H and O–H groups in total. The summed E-state index contributed by atoms with van der Waals surface area (Å²) in [6, 6.07) is 10.9. The number of anilines is 1. The summed E-state index contributed by atoms with van der Waals surface area (Å²) >= 11 is 0. The molecule has 0 fully saturated rings. The number of carbonyl (C=O) groups is 2. The molecule has 2 unspecified atom stereocenters. The molecule has 2 aromatic carbocycles. The van der Waals surface area contributed by atoms with Crippen LogP contribution in [0.1, 0.15) is 59.5 Å². The van der Waals surface area contributed by atoms with E-state index in [4.69, 9.17) is 9.47 Å². The number of benzene rings is 2. The lowest BCUT2D eigenvalue weighted by Crippen LogP contribution is -2.43. The van der Waals surface area contributed by atoms with Crippen molar-refractivity contribution in [2.24, 2.45) is 5.92 Å². The molecule has 1 aliphatic carbocycles. The Hall–Kier alpha value is -3.87. The summed E-state index contributed by atoms with van der Waals surface area (Å²) in [5.74, 6) is -0.938. The van der Waals surface area contributed by atoms with Gasteiger partial charge in [0.15, 0.2) is 5.60 Å². The van der Waals surface area contributed by atoms with Crippen LogP contribution in [0.4, 0.5) is 5.69 Å². The van der Waals surface area contributed by atoms with Gasteiger partial charge in [-0.2, -0.15) is 0 Å². The Balaban J connectivity index is 1.79. The number of rotatable bonds is 6. The fourth-order valence-corrected chi connectivity index (χ4v) is 5.71. The third-order valence-electron chi connectivity index (χ3n) is 7.50. The number of allylic oxidation sites excluding steroid dienone is 2. The van der Waals surface area contributed by atoms with Crippen molar-refractivity contribution in [2.75, 3.05) is 31.1 Å². The fourth-order valence-electron chi connectivity index (χ4n) is 5.71. The summed E-state index contributed by atoms with van der Waals surface area (Å²) in [4.78, 5) is 27.5. The monoisotopic (exact) mass is 487 g/mol. The molecule has 2 heterocycles. The predicted molar refractivity (Wildman–Crippen MR) is 137 cm³/mol.